The first kappa shape index (κ1) is 12.0. The number of alkyl halides is 1. The second-order valence-electron chi connectivity index (χ2n) is 3.06. The highest BCUT2D eigenvalue weighted by Crippen LogP contribution is 2.16. The summed E-state index contributed by atoms with van der Waals surface area (Å²) in [7, 11) is 1.34. The predicted octanol–water partition coefficient (Wildman–Crippen LogP) is 2.52. The lowest BCUT2D eigenvalue weighted by atomic mass is 10.2. The number of esters is 1. The maximum Gasteiger partial charge on any atom is 0.346 e. The van der Waals surface area contributed by atoms with Crippen molar-refractivity contribution in [2.45, 2.75) is 18.4 Å². The highest BCUT2D eigenvalue weighted by atomic mass is 79.9. The molecule has 0 aliphatic rings. The van der Waals surface area contributed by atoms with Crippen LogP contribution in [0, 0.1) is 0 Å². The molecule has 0 aromatic heterocycles. The van der Waals surface area contributed by atoms with E-state index in [1.54, 1.807) is 6.92 Å². The zero-order valence-electron chi connectivity index (χ0n) is 8.70. The summed E-state index contributed by atoms with van der Waals surface area (Å²) in [6, 6.07) is 7.56. The molecule has 0 radical (unpaired) electrons. The summed E-state index contributed by atoms with van der Waals surface area (Å²) in [5.74, 6) is 0.295. The Balaban J connectivity index is 2.67. The molecular formula is C11H13BrO3. The molecule has 1 atom stereocenters. The van der Waals surface area contributed by atoms with Crippen LogP contribution in [0.15, 0.2) is 24.3 Å². The molecule has 82 valence electrons. The van der Waals surface area contributed by atoms with Crippen LogP contribution in [0.4, 0.5) is 0 Å². The molecule has 0 heterocycles. The Morgan fingerprint density at radius 2 is 2.27 bits per heavy atom. The van der Waals surface area contributed by atoms with E-state index in [4.69, 9.17) is 4.74 Å². The van der Waals surface area contributed by atoms with Gasteiger partial charge in [-0.05, 0) is 24.6 Å². The minimum atomic E-state index is -0.583. The molecule has 15 heavy (non-hydrogen) atoms. The average Bonchev–Trinajstić information content (AvgIpc) is 2.28. The number of carbonyl (C=O) groups excluding carboxylic acids is 1. The molecule has 0 aliphatic carbocycles. The van der Waals surface area contributed by atoms with Crippen molar-refractivity contribution in [2.75, 3.05) is 7.11 Å². The molecule has 1 aromatic rings. The third-order valence-electron chi connectivity index (χ3n) is 1.90. The smallest absolute Gasteiger partial charge is 0.346 e. The molecular weight excluding hydrogens is 260 g/mol. The fourth-order valence-electron chi connectivity index (χ4n) is 1.12. The summed E-state index contributed by atoms with van der Waals surface area (Å²) >= 11 is 3.35. The van der Waals surface area contributed by atoms with Gasteiger partial charge in [0.05, 0.1) is 7.11 Å². The van der Waals surface area contributed by atoms with Crippen molar-refractivity contribution < 1.29 is 14.3 Å². The second-order valence-corrected chi connectivity index (χ2v) is 3.63. The number of ether oxygens (including phenoxy) is 2. The molecule has 0 amide bonds. The van der Waals surface area contributed by atoms with Crippen molar-refractivity contribution >= 4 is 21.9 Å². The fourth-order valence-corrected chi connectivity index (χ4v) is 1.47. The molecule has 1 aromatic carbocycles. The zero-order chi connectivity index (χ0) is 11.3. The van der Waals surface area contributed by atoms with Crippen molar-refractivity contribution in [3.05, 3.63) is 29.8 Å². The van der Waals surface area contributed by atoms with Crippen molar-refractivity contribution in [3.63, 3.8) is 0 Å². The van der Waals surface area contributed by atoms with Crippen molar-refractivity contribution in [2.24, 2.45) is 0 Å². The van der Waals surface area contributed by atoms with Crippen LogP contribution in [0.5, 0.6) is 5.75 Å². The molecule has 0 spiro atoms. The summed E-state index contributed by atoms with van der Waals surface area (Å²) in [6.07, 6.45) is -0.583. The molecule has 0 N–H and O–H groups in total. The largest absolute Gasteiger partial charge is 0.479 e. The van der Waals surface area contributed by atoms with Gasteiger partial charge in [-0.1, -0.05) is 28.1 Å². The first-order valence-corrected chi connectivity index (χ1v) is 5.69. The lowest BCUT2D eigenvalue weighted by Gasteiger charge is -2.12. The van der Waals surface area contributed by atoms with Gasteiger partial charge in [0.2, 0.25) is 0 Å². The second kappa shape index (κ2) is 5.75. The van der Waals surface area contributed by atoms with Crippen molar-refractivity contribution in [1.82, 2.24) is 0 Å². The van der Waals surface area contributed by atoms with Gasteiger partial charge in [0.25, 0.3) is 0 Å². The first-order valence-electron chi connectivity index (χ1n) is 4.56. The molecule has 1 rings (SSSR count). The number of benzene rings is 1. The van der Waals surface area contributed by atoms with Gasteiger partial charge >= 0.3 is 5.97 Å². The van der Waals surface area contributed by atoms with E-state index in [1.807, 2.05) is 24.3 Å². The molecule has 4 heteroatoms. The summed E-state index contributed by atoms with van der Waals surface area (Å²) in [6.45, 7) is 1.66. The van der Waals surface area contributed by atoms with Gasteiger partial charge in [-0.2, -0.15) is 0 Å². The van der Waals surface area contributed by atoms with Crippen LogP contribution in [-0.4, -0.2) is 19.2 Å². The Hall–Kier alpha value is -1.03. The monoisotopic (exact) mass is 272 g/mol. The molecule has 0 saturated heterocycles. The van der Waals surface area contributed by atoms with Crippen LogP contribution in [0.25, 0.3) is 0 Å². The van der Waals surface area contributed by atoms with Crippen LogP contribution in [0.3, 0.4) is 0 Å². The zero-order valence-corrected chi connectivity index (χ0v) is 10.3. The maximum atomic E-state index is 11.1. The molecule has 0 aliphatic heterocycles. The van der Waals surface area contributed by atoms with Gasteiger partial charge in [-0.3, -0.25) is 0 Å². The number of rotatable bonds is 4. The van der Waals surface area contributed by atoms with Crippen LogP contribution in [-0.2, 0) is 14.9 Å². The maximum absolute atomic E-state index is 11.1. The minimum absolute atomic E-state index is 0.376. The van der Waals surface area contributed by atoms with Crippen molar-refractivity contribution in [3.8, 4) is 5.75 Å². The molecule has 0 fully saturated rings. The van der Waals surface area contributed by atoms with E-state index in [9.17, 15) is 4.79 Å². The molecule has 3 nitrogen and oxygen atoms in total. The summed E-state index contributed by atoms with van der Waals surface area (Å²) in [5.41, 5.74) is 1.10. The topological polar surface area (TPSA) is 35.5 Å². The van der Waals surface area contributed by atoms with Crippen LogP contribution < -0.4 is 4.74 Å². The average molecular weight is 273 g/mol. The Labute approximate surface area is 97.5 Å². The van der Waals surface area contributed by atoms with E-state index in [0.717, 1.165) is 10.9 Å². The Morgan fingerprint density at radius 1 is 1.53 bits per heavy atom. The van der Waals surface area contributed by atoms with Crippen LogP contribution in [0.1, 0.15) is 12.5 Å². The number of halogens is 1. The van der Waals surface area contributed by atoms with Gasteiger partial charge in [-0.15, -0.1) is 0 Å². The standard InChI is InChI=1S/C11H13BrO3/c1-8(11(13)14-2)15-10-5-3-4-9(6-10)7-12/h3-6,8H,7H2,1-2H3/t8-/m1/s1. The van der Waals surface area contributed by atoms with Gasteiger partial charge in [-0.25, -0.2) is 4.79 Å². The summed E-state index contributed by atoms with van der Waals surface area (Å²) < 4.78 is 9.98. The van der Waals surface area contributed by atoms with Gasteiger partial charge < -0.3 is 9.47 Å². The fraction of sp³-hybridized carbons (Fsp3) is 0.364. The Morgan fingerprint density at radius 3 is 2.87 bits per heavy atom. The lowest BCUT2D eigenvalue weighted by Crippen LogP contribution is -2.24. The van der Waals surface area contributed by atoms with E-state index in [0.29, 0.717) is 5.75 Å². The number of hydrogen-bond acceptors (Lipinski definition) is 3. The van der Waals surface area contributed by atoms with E-state index >= 15 is 0 Å². The Bertz CT molecular complexity index is 338. The van der Waals surface area contributed by atoms with Gasteiger partial charge in [0, 0.05) is 5.33 Å². The van der Waals surface area contributed by atoms with E-state index in [2.05, 4.69) is 20.7 Å². The quantitative estimate of drug-likeness (QED) is 0.624. The SMILES string of the molecule is COC(=O)[C@@H](C)Oc1cccc(CBr)c1. The number of carbonyl (C=O) groups is 1. The van der Waals surface area contributed by atoms with Gasteiger partial charge in [0.1, 0.15) is 5.75 Å². The first-order chi connectivity index (χ1) is 7.17. The molecule has 0 unspecified atom stereocenters. The summed E-state index contributed by atoms with van der Waals surface area (Å²) in [4.78, 5) is 11.1. The minimum Gasteiger partial charge on any atom is -0.479 e. The van der Waals surface area contributed by atoms with Crippen LogP contribution >= 0.6 is 15.9 Å². The van der Waals surface area contributed by atoms with E-state index < -0.39 is 6.10 Å². The number of methoxy groups -OCH3 is 1. The van der Waals surface area contributed by atoms with E-state index in [1.165, 1.54) is 7.11 Å². The van der Waals surface area contributed by atoms with Crippen molar-refractivity contribution in [1.29, 1.82) is 0 Å². The molecule has 0 bridgehead atoms. The third-order valence-corrected chi connectivity index (χ3v) is 2.55. The third kappa shape index (κ3) is 3.55. The van der Waals surface area contributed by atoms with E-state index in [-0.39, 0.29) is 5.97 Å². The highest BCUT2D eigenvalue weighted by Gasteiger charge is 2.14. The normalized spacial score (nSPS) is 11.9. The lowest BCUT2D eigenvalue weighted by molar-refractivity contribution is -0.147. The van der Waals surface area contributed by atoms with Gasteiger partial charge in [0.15, 0.2) is 6.10 Å². The number of hydrogen-bond donors (Lipinski definition) is 0. The van der Waals surface area contributed by atoms with Crippen LogP contribution in [0.2, 0.25) is 0 Å². The predicted molar refractivity (Wildman–Crippen MR) is 61.2 cm³/mol. The highest BCUT2D eigenvalue weighted by molar-refractivity contribution is 9.08. The molecule has 0 saturated carbocycles. The Kier molecular flexibility index (Phi) is 4.62. The summed E-state index contributed by atoms with van der Waals surface area (Å²) in [5, 5.41) is 0.761.